The largest absolute Gasteiger partial charge is 0.490 e. The van der Waals surface area contributed by atoms with Crippen LogP contribution in [0.15, 0.2) is 36.4 Å². The second-order valence-electron chi connectivity index (χ2n) is 8.02. The fourth-order valence-electron chi connectivity index (χ4n) is 3.01. The van der Waals surface area contributed by atoms with E-state index in [0.717, 1.165) is 30.2 Å². The number of sulfone groups is 1. The zero-order chi connectivity index (χ0) is 23.2. The SMILES string of the molecule is CCCCOc1c(Cl)cc(C(C)(C)c2ccc(OCC(=O)CS(C)(=O)=O)cc2)cc1Cl. The minimum Gasteiger partial charge on any atom is -0.490 e. The molecule has 0 amide bonds. The van der Waals surface area contributed by atoms with Gasteiger partial charge in [-0.3, -0.25) is 4.79 Å². The molecule has 0 spiro atoms. The molecule has 0 saturated heterocycles. The lowest BCUT2D eigenvalue weighted by atomic mass is 9.78. The van der Waals surface area contributed by atoms with E-state index in [0.29, 0.717) is 28.2 Å². The second-order valence-corrected chi connectivity index (χ2v) is 11.0. The lowest BCUT2D eigenvalue weighted by molar-refractivity contribution is -0.118. The molecule has 0 aromatic heterocycles. The summed E-state index contributed by atoms with van der Waals surface area (Å²) in [6.45, 7) is 6.46. The molecule has 0 heterocycles. The Hall–Kier alpha value is -1.76. The Morgan fingerprint density at radius 2 is 1.58 bits per heavy atom. The number of carbonyl (C=O) groups is 1. The zero-order valence-corrected chi connectivity index (χ0v) is 20.5. The van der Waals surface area contributed by atoms with Gasteiger partial charge in [0.05, 0.1) is 16.7 Å². The van der Waals surface area contributed by atoms with Crippen molar-refractivity contribution in [3.8, 4) is 11.5 Å². The summed E-state index contributed by atoms with van der Waals surface area (Å²) >= 11 is 12.9. The van der Waals surface area contributed by atoms with E-state index in [2.05, 4.69) is 20.8 Å². The zero-order valence-electron chi connectivity index (χ0n) is 18.2. The van der Waals surface area contributed by atoms with Crippen LogP contribution in [0.4, 0.5) is 0 Å². The molecule has 2 aromatic carbocycles. The van der Waals surface area contributed by atoms with Crippen LogP contribution in [0.5, 0.6) is 11.5 Å². The Labute approximate surface area is 194 Å². The van der Waals surface area contributed by atoms with E-state index in [1.165, 1.54) is 0 Å². The van der Waals surface area contributed by atoms with Crippen molar-refractivity contribution < 1.29 is 22.7 Å². The Balaban J connectivity index is 2.14. The van der Waals surface area contributed by atoms with Crippen molar-refractivity contribution in [2.75, 3.05) is 25.2 Å². The van der Waals surface area contributed by atoms with Crippen LogP contribution < -0.4 is 9.47 Å². The highest BCUT2D eigenvalue weighted by Crippen LogP contribution is 2.40. The van der Waals surface area contributed by atoms with Crippen LogP contribution in [-0.4, -0.2) is 39.4 Å². The maximum Gasteiger partial charge on any atom is 0.185 e. The van der Waals surface area contributed by atoms with Gasteiger partial charge < -0.3 is 9.47 Å². The summed E-state index contributed by atoms with van der Waals surface area (Å²) in [6, 6.07) is 11.0. The standard InChI is InChI=1S/C23H28Cl2O5S/c1-5-6-11-29-22-20(24)12-17(13-21(22)25)23(2,3)16-7-9-19(10-8-16)30-14-18(26)15-31(4,27)28/h7-10,12-13H,5-6,11,14-15H2,1-4H3. The highest BCUT2D eigenvalue weighted by atomic mass is 35.5. The molecule has 2 aromatic rings. The molecule has 0 radical (unpaired) electrons. The molecule has 0 N–H and O–H groups in total. The summed E-state index contributed by atoms with van der Waals surface area (Å²) in [6.07, 6.45) is 2.96. The number of Topliss-reactive ketones (excluding diaryl/α,β-unsaturated/α-hetero) is 1. The first kappa shape index (κ1) is 25.5. The van der Waals surface area contributed by atoms with Gasteiger partial charge in [-0.1, -0.05) is 62.5 Å². The van der Waals surface area contributed by atoms with Crippen LogP contribution in [0.2, 0.25) is 10.0 Å². The number of hydrogen-bond donors (Lipinski definition) is 0. The van der Waals surface area contributed by atoms with Crippen molar-refractivity contribution in [3.05, 3.63) is 57.6 Å². The van der Waals surface area contributed by atoms with Gasteiger partial charge in [0, 0.05) is 11.7 Å². The minimum atomic E-state index is -3.36. The smallest absolute Gasteiger partial charge is 0.185 e. The lowest BCUT2D eigenvalue weighted by Gasteiger charge is -2.27. The van der Waals surface area contributed by atoms with Gasteiger partial charge in [-0.2, -0.15) is 0 Å². The van der Waals surface area contributed by atoms with Crippen LogP contribution in [0.3, 0.4) is 0 Å². The molecule has 2 rings (SSSR count). The number of carbonyl (C=O) groups excluding carboxylic acids is 1. The third-order valence-electron chi connectivity index (χ3n) is 4.86. The van der Waals surface area contributed by atoms with Gasteiger partial charge in [-0.15, -0.1) is 0 Å². The molecule has 0 unspecified atom stereocenters. The first-order valence-corrected chi connectivity index (χ1v) is 12.8. The van der Waals surface area contributed by atoms with E-state index >= 15 is 0 Å². The second kappa shape index (κ2) is 10.7. The Kier molecular flexibility index (Phi) is 8.81. The molecule has 31 heavy (non-hydrogen) atoms. The fraction of sp³-hybridized carbons (Fsp3) is 0.435. The highest BCUT2D eigenvalue weighted by molar-refractivity contribution is 7.91. The number of rotatable bonds is 11. The Bertz CT molecular complexity index is 992. The number of hydrogen-bond acceptors (Lipinski definition) is 5. The van der Waals surface area contributed by atoms with Crippen molar-refractivity contribution in [1.82, 2.24) is 0 Å². The normalized spacial score (nSPS) is 11.9. The van der Waals surface area contributed by atoms with Gasteiger partial charge in [0.15, 0.2) is 21.4 Å². The summed E-state index contributed by atoms with van der Waals surface area (Å²) in [7, 11) is -3.36. The van der Waals surface area contributed by atoms with E-state index in [1.807, 2.05) is 24.3 Å². The van der Waals surface area contributed by atoms with E-state index < -0.39 is 26.8 Å². The summed E-state index contributed by atoms with van der Waals surface area (Å²) < 4.78 is 33.5. The summed E-state index contributed by atoms with van der Waals surface area (Å²) in [5.74, 6) is -0.0361. The molecule has 0 fully saturated rings. The molecule has 170 valence electrons. The summed E-state index contributed by atoms with van der Waals surface area (Å²) in [5, 5.41) is 0.937. The van der Waals surface area contributed by atoms with Gasteiger partial charge in [0.25, 0.3) is 0 Å². The quantitative estimate of drug-likeness (QED) is 0.392. The highest BCUT2D eigenvalue weighted by Gasteiger charge is 2.25. The number of ether oxygens (including phenoxy) is 2. The van der Waals surface area contributed by atoms with Crippen molar-refractivity contribution in [2.24, 2.45) is 0 Å². The molecule has 8 heteroatoms. The molecule has 0 saturated carbocycles. The van der Waals surface area contributed by atoms with Crippen LogP contribution in [-0.2, 0) is 20.0 Å². The van der Waals surface area contributed by atoms with E-state index in [1.54, 1.807) is 12.1 Å². The average molecular weight is 487 g/mol. The van der Waals surface area contributed by atoms with Crippen molar-refractivity contribution >= 4 is 38.8 Å². The van der Waals surface area contributed by atoms with Gasteiger partial charge in [0.2, 0.25) is 0 Å². The first-order valence-electron chi connectivity index (χ1n) is 9.99. The Morgan fingerprint density at radius 1 is 1.00 bits per heavy atom. The van der Waals surface area contributed by atoms with E-state index in [-0.39, 0.29) is 6.61 Å². The number of benzene rings is 2. The lowest BCUT2D eigenvalue weighted by Crippen LogP contribution is -2.21. The van der Waals surface area contributed by atoms with Crippen molar-refractivity contribution in [1.29, 1.82) is 0 Å². The molecule has 0 atom stereocenters. The van der Waals surface area contributed by atoms with E-state index in [9.17, 15) is 13.2 Å². The van der Waals surface area contributed by atoms with Crippen LogP contribution >= 0.6 is 23.2 Å². The topological polar surface area (TPSA) is 69.7 Å². The predicted molar refractivity (Wildman–Crippen MR) is 126 cm³/mol. The van der Waals surface area contributed by atoms with Crippen LogP contribution in [0.1, 0.15) is 44.7 Å². The Morgan fingerprint density at radius 3 is 2.10 bits per heavy atom. The first-order chi connectivity index (χ1) is 14.4. The average Bonchev–Trinajstić information content (AvgIpc) is 2.67. The maximum absolute atomic E-state index is 11.7. The van der Waals surface area contributed by atoms with Gasteiger partial charge >= 0.3 is 0 Å². The van der Waals surface area contributed by atoms with E-state index in [4.69, 9.17) is 32.7 Å². The minimum absolute atomic E-state index is 0.291. The van der Waals surface area contributed by atoms with Crippen LogP contribution in [0.25, 0.3) is 0 Å². The molecule has 5 nitrogen and oxygen atoms in total. The molecule has 0 aliphatic rings. The van der Waals surface area contributed by atoms with Crippen molar-refractivity contribution in [3.63, 3.8) is 0 Å². The van der Waals surface area contributed by atoms with Gasteiger partial charge in [0.1, 0.15) is 18.1 Å². The van der Waals surface area contributed by atoms with Gasteiger partial charge in [-0.25, -0.2) is 8.42 Å². The maximum atomic E-state index is 11.7. The monoisotopic (exact) mass is 486 g/mol. The molecule has 0 aliphatic heterocycles. The van der Waals surface area contributed by atoms with Crippen molar-refractivity contribution in [2.45, 2.75) is 39.0 Å². The molecular formula is C23H28Cl2O5S. The molecular weight excluding hydrogens is 459 g/mol. The van der Waals surface area contributed by atoms with Crippen LogP contribution in [0, 0.1) is 0 Å². The molecule has 0 aliphatic carbocycles. The fourth-order valence-corrected chi connectivity index (χ4v) is 4.27. The number of halogens is 2. The molecule has 0 bridgehead atoms. The van der Waals surface area contributed by atoms with Gasteiger partial charge in [-0.05, 0) is 41.8 Å². The number of unbranched alkanes of at least 4 members (excludes halogenated alkanes) is 1. The number of ketones is 1. The summed E-state index contributed by atoms with van der Waals surface area (Å²) in [5.41, 5.74) is 1.52. The third-order valence-corrected chi connectivity index (χ3v) is 6.27. The third kappa shape index (κ3) is 7.41. The summed E-state index contributed by atoms with van der Waals surface area (Å²) in [4.78, 5) is 11.7. The predicted octanol–water partition coefficient (Wildman–Crippen LogP) is 5.49.